The number of halogens is 1. The lowest BCUT2D eigenvalue weighted by Gasteiger charge is -2.32. The molecule has 2 aliphatic heterocycles. The first kappa shape index (κ1) is 19.3. The van der Waals surface area contributed by atoms with E-state index in [4.69, 9.17) is 14.0 Å². The molecule has 0 aromatic heterocycles. The van der Waals surface area contributed by atoms with Crippen molar-refractivity contribution in [2.24, 2.45) is 5.92 Å². The van der Waals surface area contributed by atoms with Gasteiger partial charge in [0.1, 0.15) is 11.3 Å². The van der Waals surface area contributed by atoms with Crippen LogP contribution in [0, 0.1) is 5.92 Å². The van der Waals surface area contributed by atoms with Gasteiger partial charge in [0.15, 0.2) is 0 Å². The van der Waals surface area contributed by atoms with Crippen molar-refractivity contribution in [2.75, 3.05) is 13.1 Å². The number of rotatable bonds is 2. The van der Waals surface area contributed by atoms with Gasteiger partial charge < -0.3 is 18.9 Å². The van der Waals surface area contributed by atoms with Crippen molar-refractivity contribution >= 4 is 13.2 Å². The SMILES string of the molecule is CC(C)(C)OC(=O)N1CCC(C=C(F)B2OC(C)(C)C(C)(C)O2)C1. The number of hydrogen-bond donors (Lipinski definition) is 0. The third-order valence-electron chi connectivity index (χ3n) is 4.75. The molecule has 2 rings (SSSR count). The molecule has 2 aliphatic rings. The number of likely N-dealkylation sites (tertiary alicyclic amines) is 1. The Labute approximate surface area is 144 Å². The van der Waals surface area contributed by atoms with Crippen molar-refractivity contribution < 1.29 is 23.2 Å². The van der Waals surface area contributed by atoms with Crippen LogP contribution in [0.5, 0.6) is 0 Å². The summed E-state index contributed by atoms with van der Waals surface area (Å²) in [5.74, 6) is -0.0588. The summed E-state index contributed by atoms with van der Waals surface area (Å²) in [6.45, 7) is 14.1. The molecule has 0 saturated carbocycles. The highest BCUT2D eigenvalue weighted by atomic mass is 19.1. The van der Waals surface area contributed by atoms with Gasteiger partial charge in [-0.05, 0) is 60.8 Å². The third-order valence-corrected chi connectivity index (χ3v) is 4.75. The minimum Gasteiger partial charge on any atom is -0.444 e. The van der Waals surface area contributed by atoms with Crippen molar-refractivity contribution in [1.82, 2.24) is 4.90 Å². The van der Waals surface area contributed by atoms with Crippen molar-refractivity contribution in [1.29, 1.82) is 0 Å². The van der Waals surface area contributed by atoms with Crippen molar-refractivity contribution in [3.05, 3.63) is 11.8 Å². The molecular formula is C17H29BFNO4. The molecule has 2 saturated heterocycles. The standard InChI is InChI=1S/C17H29BFNO4/c1-15(2,3)22-14(21)20-9-8-12(11-20)10-13(19)18-23-16(4,5)17(6,7)24-18/h10,12H,8-9,11H2,1-7H3. The van der Waals surface area contributed by atoms with Gasteiger partial charge in [-0.2, -0.15) is 0 Å². The van der Waals surface area contributed by atoms with Crippen LogP contribution < -0.4 is 0 Å². The fourth-order valence-corrected chi connectivity index (χ4v) is 2.68. The largest absolute Gasteiger partial charge is 0.524 e. The molecule has 2 heterocycles. The molecule has 1 amide bonds. The highest BCUT2D eigenvalue weighted by molar-refractivity contribution is 6.53. The minimum atomic E-state index is -0.981. The van der Waals surface area contributed by atoms with Crippen LogP contribution in [0.3, 0.4) is 0 Å². The number of nitrogens with zero attached hydrogens (tertiary/aromatic N) is 1. The van der Waals surface area contributed by atoms with Gasteiger partial charge in [-0.25, -0.2) is 9.18 Å². The van der Waals surface area contributed by atoms with Gasteiger partial charge in [-0.15, -0.1) is 0 Å². The molecule has 0 aromatic rings. The Morgan fingerprint density at radius 3 is 2.29 bits per heavy atom. The molecule has 0 aliphatic carbocycles. The average molecular weight is 341 g/mol. The number of carbonyl (C=O) groups excluding carboxylic acids is 1. The first-order chi connectivity index (χ1) is 10.8. The van der Waals surface area contributed by atoms with E-state index in [2.05, 4.69) is 0 Å². The first-order valence-corrected chi connectivity index (χ1v) is 8.51. The Morgan fingerprint density at radius 2 is 1.79 bits per heavy atom. The van der Waals surface area contributed by atoms with Crippen LogP contribution in [0.1, 0.15) is 54.9 Å². The van der Waals surface area contributed by atoms with E-state index in [0.717, 1.165) is 0 Å². The maximum Gasteiger partial charge on any atom is 0.524 e. The quantitative estimate of drug-likeness (QED) is 0.718. The van der Waals surface area contributed by atoms with Crippen LogP contribution >= 0.6 is 0 Å². The van der Waals surface area contributed by atoms with E-state index in [0.29, 0.717) is 19.5 Å². The topological polar surface area (TPSA) is 48.0 Å². The zero-order valence-corrected chi connectivity index (χ0v) is 15.8. The normalized spacial score (nSPS) is 26.8. The van der Waals surface area contributed by atoms with Crippen LogP contribution in [0.2, 0.25) is 0 Å². The van der Waals surface area contributed by atoms with Gasteiger partial charge in [0, 0.05) is 13.1 Å². The molecule has 1 unspecified atom stereocenters. The Kier molecular flexibility index (Phi) is 5.08. The summed E-state index contributed by atoms with van der Waals surface area (Å²) in [5, 5.41) is 0. The lowest BCUT2D eigenvalue weighted by Crippen LogP contribution is -2.41. The van der Waals surface area contributed by atoms with Crippen LogP contribution in [-0.4, -0.2) is 48.0 Å². The van der Waals surface area contributed by atoms with E-state index in [9.17, 15) is 9.18 Å². The van der Waals surface area contributed by atoms with Gasteiger partial charge in [-0.3, -0.25) is 0 Å². The minimum absolute atomic E-state index is 0.0588. The second-order valence-corrected chi connectivity index (χ2v) is 8.61. The van der Waals surface area contributed by atoms with Gasteiger partial charge in [0.25, 0.3) is 0 Å². The molecule has 136 valence electrons. The number of carbonyl (C=O) groups is 1. The fraction of sp³-hybridized carbons (Fsp3) is 0.824. The van der Waals surface area contributed by atoms with Crippen molar-refractivity contribution in [3.8, 4) is 0 Å². The Hall–Kier alpha value is -1.08. The molecule has 5 nitrogen and oxygen atoms in total. The van der Waals surface area contributed by atoms with E-state index in [1.165, 1.54) is 6.08 Å². The lowest BCUT2D eigenvalue weighted by atomic mass is 9.85. The molecule has 0 N–H and O–H groups in total. The summed E-state index contributed by atoms with van der Waals surface area (Å²) in [7, 11) is -0.981. The molecule has 1 atom stereocenters. The second kappa shape index (κ2) is 6.34. The zero-order valence-electron chi connectivity index (χ0n) is 15.8. The number of ether oxygens (including phenoxy) is 1. The van der Waals surface area contributed by atoms with Gasteiger partial charge >= 0.3 is 13.2 Å². The molecule has 0 bridgehead atoms. The van der Waals surface area contributed by atoms with Gasteiger partial charge in [0.2, 0.25) is 0 Å². The van der Waals surface area contributed by atoms with Crippen molar-refractivity contribution in [2.45, 2.75) is 71.7 Å². The monoisotopic (exact) mass is 341 g/mol. The number of amides is 1. The predicted octanol–water partition coefficient (Wildman–Crippen LogP) is 3.73. The summed E-state index contributed by atoms with van der Waals surface area (Å²) in [5.41, 5.74) is -2.09. The predicted molar refractivity (Wildman–Crippen MR) is 91.2 cm³/mol. The molecule has 0 aromatic carbocycles. The average Bonchev–Trinajstić information content (AvgIpc) is 2.91. The van der Waals surface area contributed by atoms with E-state index in [1.54, 1.807) is 4.90 Å². The summed E-state index contributed by atoms with van der Waals surface area (Å²) >= 11 is 0. The molecule has 2 fully saturated rings. The molecular weight excluding hydrogens is 312 g/mol. The maximum atomic E-state index is 14.5. The van der Waals surface area contributed by atoms with Crippen LogP contribution in [0.15, 0.2) is 11.8 Å². The number of hydrogen-bond acceptors (Lipinski definition) is 4. The third kappa shape index (κ3) is 4.31. The van der Waals surface area contributed by atoms with E-state index < -0.39 is 29.6 Å². The Balaban J connectivity index is 1.95. The Morgan fingerprint density at radius 1 is 1.25 bits per heavy atom. The Bertz CT molecular complexity index is 511. The zero-order chi connectivity index (χ0) is 18.3. The summed E-state index contributed by atoms with van der Waals surface area (Å²) in [6.07, 6.45) is 1.87. The van der Waals surface area contributed by atoms with Crippen LogP contribution in [0.25, 0.3) is 0 Å². The molecule has 24 heavy (non-hydrogen) atoms. The van der Waals surface area contributed by atoms with Gasteiger partial charge in [-0.1, -0.05) is 6.08 Å². The van der Waals surface area contributed by atoms with E-state index in [1.807, 2.05) is 48.5 Å². The summed E-state index contributed by atoms with van der Waals surface area (Å²) in [4.78, 5) is 13.7. The molecule has 7 heteroatoms. The van der Waals surface area contributed by atoms with Crippen LogP contribution in [0.4, 0.5) is 9.18 Å². The molecule has 0 spiro atoms. The fourth-order valence-electron chi connectivity index (χ4n) is 2.68. The maximum absolute atomic E-state index is 14.5. The first-order valence-electron chi connectivity index (χ1n) is 8.51. The van der Waals surface area contributed by atoms with Gasteiger partial charge in [0.05, 0.1) is 11.2 Å². The van der Waals surface area contributed by atoms with Crippen molar-refractivity contribution in [3.63, 3.8) is 0 Å². The summed E-state index contributed by atoms with van der Waals surface area (Å²) < 4.78 is 31.3. The summed E-state index contributed by atoms with van der Waals surface area (Å²) in [6, 6.07) is 0. The van der Waals surface area contributed by atoms with Crippen LogP contribution in [-0.2, 0) is 14.0 Å². The smallest absolute Gasteiger partial charge is 0.444 e. The van der Waals surface area contributed by atoms with E-state index >= 15 is 0 Å². The second-order valence-electron chi connectivity index (χ2n) is 8.61. The lowest BCUT2D eigenvalue weighted by molar-refractivity contribution is 0.00578. The van der Waals surface area contributed by atoms with E-state index in [-0.39, 0.29) is 12.0 Å². The highest BCUT2D eigenvalue weighted by Crippen LogP contribution is 2.39. The molecule has 0 radical (unpaired) electrons. The highest BCUT2D eigenvalue weighted by Gasteiger charge is 2.53.